The number of pyridine rings is 1. The number of nitrogens with one attached hydrogen (secondary N) is 1. The summed E-state index contributed by atoms with van der Waals surface area (Å²) in [6.45, 7) is 1.07. The Hall–Kier alpha value is -1.26. The van der Waals surface area contributed by atoms with Crippen molar-refractivity contribution in [2.24, 2.45) is 0 Å². The molecule has 0 saturated heterocycles. The molecular formula is C6H4F3NO. The molecule has 0 aliphatic carbocycles. The van der Waals surface area contributed by atoms with Gasteiger partial charge >= 0.3 is 0 Å². The fourth-order valence-corrected chi connectivity index (χ4v) is 0.609. The zero-order valence-corrected chi connectivity index (χ0v) is 5.54. The third-order valence-electron chi connectivity index (χ3n) is 1.28. The number of halogens is 3. The Balaban J connectivity index is 3.59. The predicted octanol–water partition coefficient (Wildman–Crippen LogP) is 1.10. The maximum Gasteiger partial charge on any atom is 0.256 e. The fourth-order valence-electron chi connectivity index (χ4n) is 0.609. The number of hydrogen-bond donors (Lipinski definition) is 1. The summed E-state index contributed by atoms with van der Waals surface area (Å²) < 4.78 is 36.8. The van der Waals surface area contributed by atoms with E-state index in [1.165, 1.54) is 4.98 Å². The molecule has 0 unspecified atom stereocenters. The third kappa shape index (κ3) is 1.13. The molecule has 11 heavy (non-hydrogen) atoms. The van der Waals surface area contributed by atoms with Gasteiger partial charge in [-0.2, -0.15) is 8.78 Å². The minimum atomic E-state index is -1.65. The quantitative estimate of drug-likeness (QED) is 0.571. The van der Waals surface area contributed by atoms with Crippen LogP contribution < -0.4 is 5.56 Å². The van der Waals surface area contributed by atoms with Crippen LogP contribution in [-0.4, -0.2) is 4.98 Å². The lowest BCUT2D eigenvalue weighted by Gasteiger charge is -1.96. The standard InChI is InChI=1S/C6H4F3NO/c1-2-3(7)4(8)5(9)10-6(2)11/h1H3,(H,10,11). The third-order valence-corrected chi connectivity index (χ3v) is 1.28. The summed E-state index contributed by atoms with van der Waals surface area (Å²) in [5, 5.41) is 0. The van der Waals surface area contributed by atoms with Crippen LogP contribution in [0.1, 0.15) is 5.56 Å². The van der Waals surface area contributed by atoms with Gasteiger partial charge in [0.15, 0.2) is 5.82 Å². The molecule has 0 aromatic carbocycles. The smallest absolute Gasteiger partial charge is 0.256 e. The van der Waals surface area contributed by atoms with Gasteiger partial charge in [0.25, 0.3) is 5.56 Å². The summed E-state index contributed by atoms with van der Waals surface area (Å²) in [7, 11) is 0. The van der Waals surface area contributed by atoms with Crippen molar-refractivity contribution in [2.45, 2.75) is 6.92 Å². The molecule has 0 bridgehead atoms. The van der Waals surface area contributed by atoms with Gasteiger partial charge in [-0.05, 0) is 6.92 Å². The van der Waals surface area contributed by atoms with Gasteiger partial charge in [0.1, 0.15) is 0 Å². The zero-order valence-electron chi connectivity index (χ0n) is 5.54. The number of aromatic amines is 1. The van der Waals surface area contributed by atoms with Crippen molar-refractivity contribution in [3.8, 4) is 0 Å². The molecule has 0 saturated carbocycles. The Labute approximate surface area is 59.7 Å². The molecule has 1 heterocycles. The molecule has 1 rings (SSSR count). The second-order valence-corrected chi connectivity index (χ2v) is 2.02. The Morgan fingerprint density at radius 1 is 1.18 bits per heavy atom. The van der Waals surface area contributed by atoms with Gasteiger partial charge in [-0.1, -0.05) is 0 Å². The van der Waals surface area contributed by atoms with Crippen LogP contribution in [-0.2, 0) is 0 Å². The molecule has 0 aliphatic rings. The minimum absolute atomic E-state index is 0.455. The van der Waals surface area contributed by atoms with Crippen molar-refractivity contribution in [3.63, 3.8) is 0 Å². The number of H-pyrrole nitrogens is 1. The lowest BCUT2D eigenvalue weighted by Crippen LogP contribution is -2.16. The maximum atomic E-state index is 12.4. The van der Waals surface area contributed by atoms with E-state index in [9.17, 15) is 18.0 Å². The predicted molar refractivity (Wildman–Crippen MR) is 31.7 cm³/mol. The Kier molecular flexibility index (Phi) is 1.72. The summed E-state index contributed by atoms with van der Waals surface area (Å²) in [5.41, 5.74) is -1.41. The van der Waals surface area contributed by atoms with Gasteiger partial charge in [-0.3, -0.25) is 9.78 Å². The molecule has 0 radical (unpaired) electrons. The van der Waals surface area contributed by atoms with E-state index in [0.29, 0.717) is 0 Å². The highest BCUT2D eigenvalue weighted by Gasteiger charge is 2.13. The first-order valence-corrected chi connectivity index (χ1v) is 2.77. The molecule has 0 aliphatic heterocycles. The van der Waals surface area contributed by atoms with Crippen molar-refractivity contribution in [3.05, 3.63) is 33.5 Å². The summed E-state index contributed by atoms with van der Waals surface area (Å²) in [5.74, 6) is -4.66. The van der Waals surface area contributed by atoms with E-state index in [2.05, 4.69) is 0 Å². The van der Waals surface area contributed by atoms with E-state index in [0.717, 1.165) is 6.92 Å². The average molecular weight is 163 g/mol. The van der Waals surface area contributed by atoms with Crippen molar-refractivity contribution in [1.29, 1.82) is 0 Å². The van der Waals surface area contributed by atoms with E-state index < -0.39 is 28.7 Å². The molecule has 0 atom stereocenters. The SMILES string of the molecule is Cc1c(F)c(F)c(F)[nH]c1=O. The molecule has 1 aromatic heterocycles. The van der Waals surface area contributed by atoms with E-state index in [-0.39, 0.29) is 0 Å². The molecule has 0 amide bonds. The Bertz CT molecular complexity index is 344. The lowest BCUT2D eigenvalue weighted by atomic mass is 10.3. The van der Waals surface area contributed by atoms with Crippen LogP contribution in [0.3, 0.4) is 0 Å². The highest BCUT2D eigenvalue weighted by atomic mass is 19.2. The second-order valence-electron chi connectivity index (χ2n) is 2.02. The average Bonchev–Trinajstić information content (AvgIpc) is 1.97. The monoisotopic (exact) mass is 163 g/mol. The van der Waals surface area contributed by atoms with Crippen LogP contribution in [0.15, 0.2) is 4.79 Å². The Morgan fingerprint density at radius 3 is 2.27 bits per heavy atom. The van der Waals surface area contributed by atoms with E-state index in [1.54, 1.807) is 0 Å². The van der Waals surface area contributed by atoms with Crippen molar-refractivity contribution in [2.75, 3.05) is 0 Å². The molecule has 0 fully saturated rings. The fraction of sp³-hybridized carbons (Fsp3) is 0.167. The van der Waals surface area contributed by atoms with Crippen LogP contribution >= 0.6 is 0 Å². The van der Waals surface area contributed by atoms with E-state index >= 15 is 0 Å². The molecule has 60 valence electrons. The largest absolute Gasteiger partial charge is 0.296 e. The van der Waals surface area contributed by atoms with Crippen LogP contribution in [0.25, 0.3) is 0 Å². The molecular weight excluding hydrogens is 159 g/mol. The second kappa shape index (κ2) is 2.41. The van der Waals surface area contributed by atoms with Crippen molar-refractivity contribution >= 4 is 0 Å². The topological polar surface area (TPSA) is 32.9 Å². The summed E-state index contributed by atoms with van der Waals surface area (Å²) in [4.78, 5) is 12.0. The van der Waals surface area contributed by atoms with Gasteiger partial charge in [-0.25, -0.2) is 4.39 Å². The number of hydrogen-bond acceptors (Lipinski definition) is 1. The normalized spacial score (nSPS) is 10.2. The highest BCUT2D eigenvalue weighted by molar-refractivity contribution is 5.12. The van der Waals surface area contributed by atoms with Gasteiger partial charge in [0.2, 0.25) is 11.8 Å². The van der Waals surface area contributed by atoms with Crippen LogP contribution in [0.5, 0.6) is 0 Å². The first-order valence-electron chi connectivity index (χ1n) is 2.77. The van der Waals surface area contributed by atoms with Crippen molar-refractivity contribution < 1.29 is 13.2 Å². The number of aromatic nitrogens is 1. The van der Waals surface area contributed by atoms with Gasteiger partial charge in [0, 0.05) is 0 Å². The molecule has 5 heteroatoms. The zero-order chi connectivity index (χ0) is 8.59. The van der Waals surface area contributed by atoms with E-state index in [1.807, 2.05) is 0 Å². The first kappa shape index (κ1) is 7.84. The molecule has 1 N–H and O–H groups in total. The molecule has 1 aromatic rings. The van der Waals surface area contributed by atoms with Gasteiger partial charge in [0.05, 0.1) is 5.56 Å². The summed E-state index contributed by atoms with van der Waals surface area (Å²) >= 11 is 0. The van der Waals surface area contributed by atoms with Crippen LogP contribution in [0, 0.1) is 24.5 Å². The van der Waals surface area contributed by atoms with Crippen LogP contribution in [0.4, 0.5) is 13.2 Å². The first-order chi connectivity index (χ1) is 5.04. The van der Waals surface area contributed by atoms with Crippen molar-refractivity contribution in [1.82, 2.24) is 4.98 Å². The highest BCUT2D eigenvalue weighted by Crippen LogP contribution is 2.07. The minimum Gasteiger partial charge on any atom is -0.296 e. The molecule has 2 nitrogen and oxygen atoms in total. The van der Waals surface area contributed by atoms with Gasteiger partial charge in [-0.15, -0.1) is 0 Å². The Morgan fingerprint density at radius 2 is 1.73 bits per heavy atom. The maximum absolute atomic E-state index is 12.4. The summed E-state index contributed by atoms with van der Waals surface area (Å²) in [6.07, 6.45) is 0. The van der Waals surface area contributed by atoms with Gasteiger partial charge < -0.3 is 0 Å². The lowest BCUT2D eigenvalue weighted by molar-refractivity contribution is 0.420. The molecule has 0 spiro atoms. The van der Waals surface area contributed by atoms with Crippen LogP contribution in [0.2, 0.25) is 0 Å². The van der Waals surface area contributed by atoms with E-state index in [4.69, 9.17) is 0 Å². The summed E-state index contributed by atoms with van der Waals surface area (Å²) in [6, 6.07) is 0. The number of rotatable bonds is 0.